The Bertz CT molecular complexity index is 1370. The van der Waals surface area contributed by atoms with Crippen molar-refractivity contribution >= 4 is 79.2 Å². The Labute approximate surface area is 224 Å². The topological polar surface area (TPSA) is 80.9 Å². The van der Waals surface area contributed by atoms with Crippen LogP contribution in [0.2, 0.25) is 5.15 Å². The van der Waals surface area contributed by atoms with Crippen LogP contribution in [0.4, 0.5) is 25.8 Å². The number of hydrogen-bond acceptors (Lipinski definition) is 5. The van der Waals surface area contributed by atoms with Gasteiger partial charge >= 0.3 is 0 Å². The third-order valence-electron chi connectivity index (χ3n) is 4.92. The molecule has 188 valence electrons. The Morgan fingerprint density at radius 2 is 1.91 bits per heavy atom. The molecular formula is C21H24ClF2IN7OPS. The fourth-order valence-corrected chi connectivity index (χ4v) is 5.80. The predicted octanol–water partition coefficient (Wildman–Crippen LogP) is 6.71. The molecule has 0 spiro atoms. The van der Waals surface area contributed by atoms with E-state index < -0.39 is 17.4 Å². The largest absolute Gasteiger partial charge is 0.352 e. The fourth-order valence-electron chi connectivity index (χ4n) is 3.29. The van der Waals surface area contributed by atoms with Crippen LogP contribution in [-0.4, -0.2) is 41.6 Å². The molecule has 3 heterocycles. The zero-order valence-electron chi connectivity index (χ0n) is 19.6. The Balaban J connectivity index is 0.00000167. The zero-order valence-corrected chi connectivity index (χ0v) is 24.3. The summed E-state index contributed by atoms with van der Waals surface area (Å²) in [7, 11) is 2.22. The number of imidazole rings is 1. The summed E-state index contributed by atoms with van der Waals surface area (Å²) in [6.07, 6.45) is 2.41. The van der Waals surface area contributed by atoms with Crippen molar-refractivity contribution in [1.82, 2.24) is 24.1 Å². The summed E-state index contributed by atoms with van der Waals surface area (Å²) in [4.78, 5) is 8.36. The number of rotatable bonds is 7. The van der Waals surface area contributed by atoms with Crippen LogP contribution in [0.1, 0.15) is 26.1 Å². The summed E-state index contributed by atoms with van der Waals surface area (Å²) >= 11 is 8.22. The predicted molar refractivity (Wildman–Crippen MR) is 151 cm³/mol. The number of halogens is 4. The van der Waals surface area contributed by atoms with Gasteiger partial charge in [-0.25, -0.2) is 23.0 Å². The third kappa shape index (κ3) is 5.92. The number of hydrogen-bond donors (Lipinski definition) is 1. The normalized spacial score (nSPS) is 12.3. The lowest BCUT2D eigenvalue weighted by Gasteiger charge is -2.21. The highest BCUT2D eigenvalue weighted by atomic mass is 127. The highest BCUT2D eigenvalue weighted by Gasteiger charge is 2.23. The first-order valence-corrected chi connectivity index (χ1v) is 16.4. The number of anilines is 3. The van der Waals surface area contributed by atoms with E-state index in [1.807, 2.05) is 67.3 Å². The van der Waals surface area contributed by atoms with E-state index in [0.717, 1.165) is 11.1 Å². The molecule has 2 unspecified atom stereocenters. The van der Waals surface area contributed by atoms with Gasteiger partial charge in [0.25, 0.3) is 6.43 Å². The summed E-state index contributed by atoms with van der Waals surface area (Å²) in [5.41, 5.74) is 4.01. The maximum atomic E-state index is 13.6. The standard InChI is InChI=1S/C19H18ClF2IN7OPS.C2H6/c1-28-9-11(8-24-28)10-4-5-12(14(6-10)29(2)33(3)31)25-13-7-15(20)26-18-16(13)27-19(17(21)22)30(18)32-23;1-2/h4-9,17,32H,1-3H3,(H,25,26);1-2H3. The van der Waals surface area contributed by atoms with E-state index in [9.17, 15) is 13.0 Å². The minimum Gasteiger partial charge on any atom is -0.352 e. The first kappa shape index (κ1) is 27.7. The van der Waals surface area contributed by atoms with Crippen molar-refractivity contribution in [2.75, 3.05) is 22.9 Å². The maximum absolute atomic E-state index is 13.6. The van der Waals surface area contributed by atoms with Crippen LogP contribution in [0.25, 0.3) is 22.3 Å². The Morgan fingerprint density at radius 3 is 2.49 bits per heavy atom. The first-order valence-electron chi connectivity index (χ1n) is 10.4. The number of nitrogens with zero attached hydrogens (tertiary/aromatic N) is 6. The molecule has 3 aromatic heterocycles. The first-order chi connectivity index (χ1) is 16.7. The molecule has 14 heteroatoms. The van der Waals surface area contributed by atoms with Crippen molar-refractivity contribution in [3.63, 3.8) is 0 Å². The fraction of sp³-hybridized carbons (Fsp3) is 0.286. The van der Waals surface area contributed by atoms with E-state index in [4.69, 9.17) is 11.6 Å². The molecular weight excluding hydrogens is 630 g/mol. The number of fused-ring (bicyclic) bond motifs is 1. The van der Waals surface area contributed by atoms with Gasteiger partial charge in [0, 0.05) is 38.2 Å². The average Bonchev–Trinajstić information content (AvgIpc) is 3.43. The molecule has 0 amide bonds. The van der Waals surface area contributed by atoms with Crippen LogP contribution in [0.5, 0.6) is 0 Å². The average molecular weight is 654 g/mol. The number of pyridine rings is 1. The molecule has 1 N–H and O–H groups in total. The van der Waals surface area contributed by atoms with E-state index in [0.29, 0.717) is 17.1 Å². The minimum atomic E-state index is -2.75. The molecule has 8 nitrogen and oxygen atoms in total. The Morgan fingerprint density at radius 1 is 1.20 bits per heavy atom. The highest BCUT2D eigenvalue weighted by molar-refractivity contribution is 14.2. The number of alkyl halides is 2. The van der Waals surface area contributed by atoms with Crippen LogP contribution in [0, 0.1) is 0 Å². The zero-order chi connectivity index (χ0) is 25.9. The molecule has 2 atom stereocenters. The smallest absolute Gasteiger partial charge is 0.295 e. The van der Waals surface area contributed by atoms with Gasteiger partial charge in [-0.1, -0.05) is 31.5 Å². The summed E-state index contributed by atoms with van der Waals surface area (Å²) in [5.74, 6) is -0.366. The molecule has 4 aromatic rings. The number of aromatic nitrogens is 5. The lowest BCUT2D eigenvalue weighted by molar-refractivity contribution is 0.140. The van der Waals surface area contributed by atoms with Gasteiger partial charge < -0.3 is 5.32 Å². The van der Waals surface area contributed by atoms with Crippen molar-refractivity contribution in [1.29, 1.82) is 0 Å². The van der Waals surface area contributed by atoms with Crippen LogP contribution >= 0.6 is 40.0 Å². The van der Waals surface area contributed by atoms with E-state index in [-0.39, 0.29) is 28.5 Å². The van der Waals surface area contributed by atoms with Gasteiger partial charge in [0.05, 0.1) is 29.6 Å². The molecule has 0 fully saturated rings. The third-order valence-corrected chi connectivity index (χ3v) is 8.14. The monoisotopic (exact) mass is 653 g/mol. The summed E-state index contributed by atoms with van der Waals surface area (Å²) in [6.45, 7) is 4.00. The lowest BCUT2D eigenvalue weighted by atomic mass is 10.1. The Hall–Kier alpha value is -1.89. The SMILES string of the molecule is CC.CN(c1cc(-c2cnn(C)c2)ccc1Nc1cc(Cl)nc2c1nc(C(F)F)n2PI)S(C)=O. The van der Waals surface area contributed by atoms with Crippen LogP contribution in [0.15, 0.2) is 36.7 Å². The summed E-state index contributed by atoms with van der Waals surface area (Å²) in [5, 5.41) is 7.58. The van der Waals surface area contributed by atoms with Gasteiger partial charge in [0.1, 0.15) is 21.7 Å². The van der Waals surface area contributed by atoms with Crippen molar-refractivity contribution in [3.8, 4) is 11.1 Å². The van der Waals surface area contributed by atoms with Crippen molar-refractivity contribution in [3.05, 3.63) is 47.6 Å². The summed E-state index contributed by atoms with van der Waals surface area (Å²) < 4.78 is 44.1. The number of nitrogens with one attached hydrogen (secondary N) is 1. The van der Waals surface area contributed by atoms with Gasteiger partial charge in [0.15, 0.2) is 11.5 Å². The van der Waals surface area contributed by atoms with E-state index in [2.05, 4.69) is 20.4 Å². The summed E-state index contributed by atoms with van der Waals surface area (Å²) in [6, 6.07) is 7.14. The van der Waals surface area contributed by atoms with Crippen LogP contribution in [0.3, 0.4) is 0 Å². The second kappa shape index (κ2) is 11.9. The van der Waals surface area contributed by atoms with Gasteiger partial charge in [0.2, 0.25) is 0 Å². The van der Waals surface area contributed by atoms with Crippen molar-refractivity contribution in [2.45, 2.75) is 20.3 Å². The molecule has 0 aliphatic carbocycles. The number of aryl methyl sites for hydroxylation is 1. The second-order valence-corrected chi connectivity index (χ2v) is 10.9. The molecule has 0 saturated heterocycles. The molecule has 4 rings (SSSR count). The number of benzene rings is 1. The molecule has 0 radical (unpaired) electrons. The van der Waals surface area contributed by atoms with Crippen LogP contribution < -0.4 is 9.62 Å². The van der Waals surface area contributed by atoms with E-state index in [1.165, 1.54) is 10.4 Å². The molecule has 0 aliphatic heterocycles. The maximum Gasteiger partial charge on any atom is 0.295 e. The van der Waals surface area contributed by atoms with E-state index >= 15 is 0 Å². The Kier molecular flexibility index (Phi) is 9.41. The second-order valence-electron chi connectivity index (χ2n) is 7.04. The minimum absolute atomic E-state index is 0.0261. The molecule has 0 aliphatic rings. The van der Waals surface area contributed by atoms with Crippen molar-refractivity contribution < 1.29 is 13.0 Å². The van der Waals surface area contributed by atoms with Crippen molar-refractivity contribution in [2.24, 2.45) is 7.05 Å². The highest BCUT2D eigenvalue weighted by Crippen LogP contribution is 2.40. The van der Waals surface area contributed by atoms with Crippen LogP contribution in [-0.2, 0) is 18.0 Å². The molecule has 35 heavy (non-hydrogen) atoms. The van der Waals surface area contributed by atoms with Gasteiger partial charge in [-0.3, -0.25) is 13.3 Å². The van der Waals surface area contributed by atoms with Gasteiger partial charge in [-0.15, -0.1) is 0 Å². The van der Waals surface area contributed by atoms with Gasteiger partial charge in [-0.2, -0.15) is 5.10 Å². The quantitative estimate of drug-likeness (QED) is 0.136. The molecule has 1 aromatic carbocycles. The molecule has 0 bridgehead atoms. The van der Waals surface area contributed by atoms with Gasteiger partial charge in [-0.05, 0) is 39.7 Å². The lowest BCUT2D eigenvalue weighted by Crippen LogP contribution is -2.20. The van der Waals surface area contributed by atoms with E-state index in [1.54, 1.807) is 28.5 Å². The molecule has 0 saturated carbocycles.